The van der Waals surface area contributed by atoms with Gasteiger partial charge in [0.1, 0.15) is 0 Å². The topological polar surface area (TPSA) is 29.0 Å². The van der Waals surface area contributed by atoms with Crippen LogP contribution in [0.4, 0.5) is 5.82 Å². The minimum Gasteiger partial charge on any atom is -0.350 e. The van der Waals surface area contributed by atoms with Gasteiger partial charge >= 0.3 is 0 Å². The predicted octanol–water partition coefficient (Wildman–Crippen LogP) is 2.07. The average molecular weight is 230 g/mol. The van der Waals surface area contributed by atoms with Crippen LogP contribution in [0.3, 0.4) is 0 Å². The number of thioether (sulfide) groups is 1. The summed E-state index contributed by atoms with van der Waals surface area (Å²) in [6.45, 7) is 3.20. The van der Waals surface area contributed by atoms with Crippen LogP contribution in [-0.4, -0.2) is 34.1 Å². The summed E-state index contributed by atoms with van der Waals surface area (Å²) in [7, 11) is 0. The number of hydrogen-bond donors (Lipinski definition) is 0. The van der Waals surface area contributed by atoms with E-state index in [2.05, 4.69) is 21.8 Å². The van der Waals surface area contributed by atoms with E-state index in [1.165, 1.54) is 0 Å². The molecule has 3 nitrogen and oxygen atoms in total. The molecular weight excluding hydrogens is 218 g/mol. The van der Waals surface area contributed by atoms with Gasteiger partial charge in [-0.25, -0.2) is 9.97 Å². The van der Waals surface area contributed by atoms with Crippen LogP contribution in [-0.2, 0) is 0 Å². The molecule has 0 saturated carbocycles. The summed E-state index contributed by atoms with van der Waals surface area (Å²) in [5.74, 6) is 3.09. The van der Waals surface area contributed by atoms with Gasteiger partial charge in [0.05, 0.1) is 0 Å². The molecule has 2 heterocycles. The molecule has 0 N–H and O–H groups in total. The van der Waals surface area contributed by atoms with E-state index in [-0.39, 0.29) is 0 Å². The molecule has 0 aliphatic carbocycles. The van der Waals surface area contributed by atoms with Crippen molar-refractivity contribution in [2.75, 3.05) is 23.0 Å². The molecule has 0 radical (unpaired) electrons. The Morgan fingerprint density at radius 3 is 3.00 bits per heavy atom. The third kappa shape index (κ3) is 1.96. The number of hydrogen-bond acceptors (Lipinski definition) is 4. The number of aromatic nitrogens is 2. The molecule has 0 bridgehead atoms. The zero-order valence-corrected chi connectivity index (χ0v) is 9.55. The molecule has 0 spiro atoms. The highest BCUT2D eigenvalue weighted by atomic mass is 35.5. The molecule has 0 amide bonds. The normalized spacial score (nSPS) is 22.4. The molecule has 1 aliphatic heterocycles. The van der Waals surface area contributed by atoms with Gasteiger partial charge in [-0.05, 0) is 6.92 Å². The molecule has 1 aromatic heterocycles. The van der Waals surface area contributed by atoms with Gasteiger partial charge in [0, 0.05) is 36.5 Å². The van der Waals surface area contributed by atoms with Crippen LogP contribution in [0.5, 0.6) is 0 Å². The SMILES string of the molecule is CC1CSCCN1c1nccnc1Cl. The highest BCUT2D eigenvalue weighted by Gasteiger charge is 2.21. The van der Waals surface area contributed by atoms with E-state index in [1.54, 1.807) is 12.4 Å². The smallest absolute Gasteiger partial charge is 0.171 e. The average Bonchev–Trinajstić information content (AvgIpc) is 2.20. The van der Waals surface area contributed by atoms with Crippen molar-refractivity contribution in [1.29, 1.82) is 0 Å². The van der Waals surface area contributed by atoms with Gasteiger partial charge in [0.25, 0.3) is 0 Å². The number of rotatable bonds is 1. The fourth-order valence-electron chi connectivity index (χ4n) is 1.55. The predicted molar refractivity (Wildman–Crippen MR) is 61.2 cm³/mol. The highest BCUT2D eigenvalue weighted by molar-refractivity contribution is 7.99. The molecule has 0 aromatic carbocycles. The summed E-state index contributed by atoms with van der Waals surface area (Å²) >= 11 is 7.98. The summed E-state index contributed by atoms with van der Waals surface area (Å²) in [4.78, 5) is 10.5. The lowest BCUT2D eigenvalue weighted by Crippen LogP contribution is -2.41. The van der Waals surface area contributed by atoms with E-state index in [0.717, 1.165) is 23.9 Å². The van der Waals surface area contributed by atoms with Crippen LogP contribution in [0.1, 0.15) is 6.92 Å². The van der Waals surface area contributed by atoms with Gasteiger partial charge in [-0.3, -0.25) is 0 Å². The first-order valence-electron chi connectivity index (χ1n) is 4.60. The molecular formula is C9H12ClN3S. The van der Waals surface area contributed by atoms with E-state index >= 15 is 0 Å². The van der Waals surface area contributed by atoms with Crippen LogP contribution in [0.25, 0.3) is 0 Å². The van der Waals surface area contributed by atoms with E-state index in [4.69, 9.17) is 11.6 Å². The molecule has 2 rings (SSSR count). The largest absolute Gasteiger partial charge is 0.350 e. The van der Waals surface area contributed by atoms with Crippen molar-refractivity contribution >= 4 is 29.2 Å². The zero-order valence-electron chi connectivity index (χ0n) is 7.98. The Kier molecular flexibility index (Phi) is 3.13. The fourth-order valence-corrected chi connectivity index (χ4v) is 2.78. The molecule has 1 unspecified atom stereocenters. The lowest BCUT2D eigenvalue weighted by Gasteiger charge is -2.34. The van der Waals surface area contributed by atoms with Crippen molar-refractivity contribution in [2.45, 2.75) is 13.0 Å². The van der Waals surface area contributed by atoms with Crippen LogP contribution in [0, 0.1) is 0 Å². The molecule has 1 saturated heterocycles. The Morgan fingerprint density at radius 2 is 2.29 bits per heavy atom. The third-order valence-electron chi connectivity index (χ3n) is 2.28. The minimum atomic E-state index is 0.489. The summed E-state index contributed by atoms with van der Waals surface area (Å²) in [5.41, 5.74) is 0. The third-order valence-corrected chi connectivity index (χ3v) is 3.73. The second-order valence-corrected chi connectivity index (χ2v) is 4.80. The van der Waals surface area contributed by atoms with Crippen molar-refractivity contribution in [2.24, 2.45) is 0 Å². The van der Waals surface area contributed by atoms with E-state index < -0.39 is 0 Å². The molecule has 1 atom stereocenters. The second kappa shape index (κ2) is 4.36. The number of anilines is 1. The van der Waals surface area contributed by atoms with Crippen LogP contribution >= 0.6 is 23.4 Å². The number of nitrogens with zero attached hydrogens (tertiary/aromatic N) is 3. The maximum atomic E-state index is 6.00. The zero-order chi connectivity index (χ0) is 9.97. The molecule has 76 valence electrons. The maximum Gasteiger partial charge on any atom is 0.171 e. The summed E-state index contributed by atoms with van der Waals surface area (Å²) < 4.78 is 0. The summed E-state index contributed by atoms with van der Waals surface area (Å²) in [6, 6.07) is 0.489. The lowest BCUT2D eigenvalue weighted by atomic mass is 10.3. The van der Waals surface area contributed by atoms with Crippen LogP contribution in [0.15, 0.2) is 12.4 Å². The molecule has 1 fully saturated rings. The first-order valence-corrected chi connectivity index (χ1v) is 6.13. The van der Waals surface area contributed by atoms with Gasteiger partial charge < -0.3 is 4.90 Å². The van der Waals surface area contributed by atoms with Gasteiger partial charge in [0.15, 0.2) is 11.0 Å². The van der Waals surface area contributed by atoms with E-state index in [1.807, 2.05) is 11.8 Å². The summed E-state index contributed by atoms with van der Waals surface area (Å²) in [5, 5.41) is 0.506. The second-order valence-electron chi connectivity index (χ2n) is 3.29. The highest BCUT2D eigenvalue weighted by Crippen LogP contribution is 2.26. The Bertz CT molecular complexity index is 321. The van der Waals surface area contributed by atoms with Crippen molar-refractivity contribution in [1.82, 2.24) is 9.97 Å². The van der Waals surface area contributed by atoms with Gasteiger partial charge in [0.2, 0.25) is 0 Å². The fraction of sp³-hybridized carbons (Fsp3) is 0.556. The van der Waals surface area contributed by atoms with Gasteiger partial charge in [-0.15, -0.1) is 0 Å². The van der Waals surface area contributed by atoms with Crippen LogP contribution < -0.4 is 4.90 Å². The van der Waals surface area contributed by atoms with Crippen molar-refractivity contribution in [3.63, 3.8) is 0 Å². The Morgan fingerprint density at radius 1 is 1.50 bits per heavy atom. The number of halogens is 1. The Labute approximate surface area is 92.9 Å². The van der Waals surface area contributed by atoms with E-state index in [9.17, 15) is 0 Å². The first-order chi connectivity index (χ1) is 6.79. The molecule has 1 aliphatic rings. The quantitative estimate of drug-likeness (QED) is 0.738. The minimum absolute atomic E-state index is 0.489. The maximum absolute atomic E-state index is 6.00. The Balaban J connectivity index is 2.25. The summed E-state index contributed by atoms with van der Waals surface area (Å²) in [6.07, 6.45) is 3.31. The van der Waals surface area contributed by atoms with Crippen molar-refractivity contribution in [3.8, 4) is 0 Å². The monoisotopic (exact) mass is 229 g/mol. The van der Waals surface area contributed by atoms with Crippen LogP contribution in [0.2, 0.25) is 5.15 Å². The van der Waals surface area contributed by atoms with Gasteiger partial charge in [-0.2, -0.15) is 11.8 Å². The molecule has 14 heavy (non-hydrogen) atoms. The lowest BCUT2D eigenvalue weighted by molar-refractivity contribution is 0.688. The molecule has 1 aromatic rings. The standard InChI is InChI=1S/C9H12ClN3S/c1-7-6-14-5-4-13(7)9-8(10)11-2-3-12-9/h2-3,7H,4-6H2,1H3. The Hall–Kier alpha value is -0.480. The van der Waals surface area contributed by atoms with Gasteiger partial charge in [-0.1, -0.05) is 11.6 Å². The molecule has 5 heteroatoms. The first kappa shape index (κ1) is 10.1. The van der Waals surface area contributed by atoms with Crippen molar-refractivity contribution < 1.29 is 0 Å². The van der Waals surface area contributed by atoms with Crippen molar-refractivity contribution in [3.05, 3.63) is 17.5 Å². The van der Waals surface area contributed by atoms with E-state index in [0.29, 0.717) is 11.2 Å².